The molecule has 21 heavy (non-hydrogen) atoms. The average Bonchev–Trinajstić information content (AvgIpc) is 3.34. The van der Waals surface area contributed by atoms with Gasteiger partial charge in [0.05, 0.1) is 32.2 Å². The number of rotatable bonds is 2. The summed E-state index contributed by atoms with van der Waals surface area (Å²) in [4.78, 5) is 19.2. The highest BCUT2D eigenvalue weighted by molar-refractivity contribution is 4.65. The van der Waals surface area contributed by atoms with Crippen molar-refractivity contribution in [2.24, 2.45) is 0 Å². The van der Waals surface area contributed by atoms with Crippen LogP contribution in [-0.2, 0) is 0 Å². The molecular formula is C12H20N6O3. The molecule has 0 aromatic carbocycles. The van der Waals surface area contributed by atoms with E-state index in [9.17, 15) is 0 Å². The van der Waals surface area contributed by atoms with Crippen molar-refractivity contribution < 1.29 is 15.3 Å². The molecule has 0 saturated carbocycles. The van der Waals surface area contributed by atoms with Crippen LogP contribution in [0.25, 0.3) is 0 Å². The summed E-state index contributed by atoms with van der Waals surface area (Å²) in [6.45, 7) is -0.729. The molecule has 3 aromatic heterocycles. The summed E-state index contributed by atoms with van der Waals surface area (Å²) in [6, 6.07) is 0. The molecule has 3 rings (SSSR count). The van der Waals surface area contributed by atoms with E-state index in [1.807, 2.05) is 0 Å². The lowest BCUT2D eigenvalue weighted by Gasteiger charge is -1.96. The summed E-state index contributed by atoms with van der Waals surface area (Å²) < 4.78 is 0. The van der Waals surface area contributed by atoms with Gasteiger partial charge in [0.25, 0.3) is 0 Å². The second kappa shape index (κ2) is 15.6. The maximum atomic E-state index is 8.17. The zero-order chi connectivity index (χ0) is 15.6. The minimum atomic E-state index is -0.954. The second-order valence-electron chi connectivity index (χ2n) is 3.30. The number of nitrogens with one attached hydrogen (secondary N) is 3. The zero-order valence-electron chi connectivity index (χ0n) is 11.4. The zero-order valence-corrected chi connectivity index (χ0v) is 11.4. The van der Waals surface area contributed by atoms with Crippen molar-refractivity contribution in [3.63, 3.8) is 0 Å². The number of imidazole rings is 3. The molecule has 0 fully saturated rings. The predicted octanol–water partition coefficient (Wildman–Crippen LogP) is -0.439. The Morgan fingerprint density at radius 1 is 0.714 bits per heavy atom. The Labute approximate surface area is 121 Å². The standard InChI is InChI=1S/3C3H4N2.C3H8O3/c3*1-2-5-3-4-1;4-1-3(6)2-5/h3*1-3H,(H,4,5);3-6H,1-2H2. The van der Waals surface area contributed by atoms with Crippen molar-refractivity contribution >= 4 is 0 Å². The van der Waals surface area contributed by atoms with Gasteiger partial charge in [0, 0.05) is 37.2 Å². The minimum Gasteiger partial charge on any atom is -0.394 e. The SMILES string of the molecule is OCC(O)CO.c1c[nH]cn1.c1c[nH]cn1.c1c[nH]cn1. The first-order chi connectivity index (χ1) is 10.3. The number of nitrogens with zero attached hydrogens (tertiary/aromatic N) is 3. The highest BCUT2D eigenvalue weighted by atomic mass is 16.3. The lowest BCUT2D eigenvalue weighted by Crippen LogP contribution is -2.15. The number of aliphatic hydroxyl groups is 3. The molecule has 0 atom stereocenters. The van der Waals surface area contributed by atoms with Crippen molar-refractivity contribution in [1.82, 2.24) is 29.9 Å². The van der Waals surface area contributed by atoms with E-state index < -0.39 is 6.10 Å². The lowest BCUT2D eigenvalue weighted by atomic mass is 10.4. The highest BCUT2D eigenvalue weighted by Gasteiger charge is 1.93. The van der Waals surface area contributed by atoms with Gasteiger partial charge in [-0.05, 0) is 0 Å². The molecule has 9 nitrogen and oxygen atoms in total. The summed E-state index contributed by atoms with van der Waals surface area (Å²) in [5.74, 6) is 0. The minimum absolute atomic E-state index is 0.365. The first-order valence-corrected chi connectivity index (χ1v) is 5.99. The molecule has 0 aliphatic carbocycles. The van der Waals surface area contributed by atoms with Gasteiger partial charge in [-0.3, -0.25) is 0 Å². The van der Waals surface area contributed by atoms with E-state index in [0.29, 0.717) is 0 Å². The van der Waals surface area contributed by atoms with Crippen LogP contribution < -0.4 is 0 Å². The molecule has 116 valence electrons. The predicted molar refractivity (Wildman–Crippen MR) is 75.9 cm³/mol. The van der Waals surface area contributed by atoms with Crippen LogP contribution in [0.1, 0.15) is 0 Å². The average molecular weight is 296 g/mol. The van der Waals surface area contributed by atoms with Crippen molar-refractivity contribution in [2.45, 2.75) is 6.10 Å². The third-order valence-corrected chi connectivity index (χ3v) is 1.64. The monoisotopic (exact) mass is 296 g/mol. The lowest BCUT2D eigenvalue weighted by molar-refractivity contribution is 0.0450. The number of hydrogen-bond acceptors (Lipinski definition) is 6. The maximum absolute atomic E-state index is 8.17. The van der Waals surface area contributed by atoms with Crippen LogP contribution in [0.4, 0.5) is 0 Å². The Balaban J connectivity index is 0.000000254. The molecule has 0 radical (unpaired) electrons. The third-order valence-electron chi connectivity index (χ3n) is 1.64. The number of H-pyrrole nitrogens is 3. The van der Waals surface area contributed by atoms with Gasteiger partial charge in [0.2, 0.25) is 0 Å². The van der Waals surface area contributed by atoms with Crippen molar-refractivity contribution in [3.05, 3.63) is 56.2 Å². The topological polar surface area (TPSA) is 147 Å². The molecule has 0 aliphatic heterocycles. The molecule has 3 heterocycles. The summed E-state index contributed by atoms with van der Waals surface area (Å²) in [6.07, 6.45) is 14.3. The molecule has 0 bridgehead atoms. The number of aromatic nitrogens is 6. The van der Waals surface area contributed by atoms with Crippen LogP contribution in [0, 0.1) is 0 Å². The van der Waals surface area contributed by atoms with E-state index in [4.69, 9.17) is 15.3 Å². The Kier molecular flexibility index (Phi) is 13.7. The molecule has 0 unspecified atom stereocenters. The van der Waals surface area contributed by atoms with Crippen LogP contribution in [0.2, 0.25) is 0 Å². The first-order valence-electron chi connectivity index (χ1n) is 5.99. The fourth-order valence-corrected chi connectivity index (χ4v) is 0.703. The van der Waals surface area contributed by atoms with E-state index in [1.165, 1.54) is 0 Å². The van der Waals surface area contributed by atoms with Gasteiger partial charge in [0.15, 0.2) is 0 Å². The molecular weight excluding hydrogens is 276 g/mol. The van der Waals surface area contributed by atoms with Crippen molar-refractivity contribution in [3.8, 4) is 0 Å². The van der Waals surface area contributed by atoms with Crippen LogP contribution in [0.5, 0.6) is 0 Å². The molecule has 9 heteroatoms. The molecule has 6 N–H and O–H groups in total. The molecule has 0 spiro atoms. The fourth-order valence-electron chi connectivity index (χ4n) is 0.703. The van der Waals surface area contributed by atoms with Crippen LogP contribution >= 0.6 is 0 Å². The van der Waals surface area contributed by atoms with E-state index in [-0.39, 0.29) is 13.2 Å². The first kappa shape index (κ1) is 18.5. The molecule has 0 amide bonds. The fraction of sp³-hybridized carbons (Fsp3) is 0.250. The maximum Gasteiger partial charge on any atom is 0.100 e. The Bertz CT molecular complexity index is 325. The second-order valence-corrected chi connectivity index (χ2v) is 3.30. The van der Waals surface area contributed by atoms with Gasteiger partial charge >= 0.3 is 0 Å². The van der Waals surface area contributed by atoms with Gasteiger partial charge in [-0.1, -0.05) is 0 Å². The van der Waals surface area contributed by atoms with Gasteiger partial charge in [-0.15, -0.1) is 0 Å². The van der Waals surface area contributed by atoms with Crippen molar-refractivity contribution in [2.75, 3.05) is 13.2 Å². The van der Waals surface area contributed by atoms with E-state index >= 15 is 0 Å². The summed E-state index contributed by atoms with van der Waals surface area (Å²) in [7, 11) is 0. The smallest absolute Gasteiger partial charge is 0.100 e. The summed E-state index contributed by atoms with van der Waals surface area (Å²) >= 11 is 0. The summed E-state index contributed by atoms with van der Waals surface area (Å²) in [5.41, 5.74) is 0. The highest BCUT2D eigenvalue weighted by Crippen LogP contribution is 1.71. The van der Waals surface area contributed by atoms with Gasteiger partial charge < -0.3 is 30.3 Å². The van der Waals surface area contributed by atoms with E-state index in [1.54, 1.807) is 56.2 Å². The molecule has 0 aliphatic rings. The van der Waals surface area contributed by atoms with Gasteiger partial charge in [0.1, 0.15) is 6.10 Å². The third kappa shape index (κ3) is 15.5. The Morgan fingerprint density at radius 2 is 1.05 bits per heavy atom. The van der Waals surface area contributed by atoms with Crippen LogP contribution in [-0.4, -0.2) is 64.5 Å². The molecule has 3 aromatic rings. The Morgan fingerprint density at radius 3 is 1.10 bits per heavy atom. The quantitative estimate of drug-likeness (QED) is 0.378. The van der Waals surface area contributed by atoms with Crippen LogP contribution in [0.15, 0.2) is 56.2 Å². The largest absolute Gasteiger partial charge is 0.394 e. The van der Waals surface area contributed by atoms with E-state index in [2.05, 4.69) is 29.9 Å². The number of hydrogen-bond donors (Lipinski definition) is 6. The summed E-state index contributed by atoms with van der Waals surface area (Å²) in [5, 5.41) is 24.0. The van der Waals surface area contributed by atoms with Crippen molar-refractivity contribution in [1.29, 1.82) is 0 Å². The molecule has 0 saturated heterocycles. The van der Waals surface area contributed by atoms with Crippen LogP contribution in [0.3, 0.4) is 0 Å². The van der Waals surface area contributed by atoms with Gasteiger partial charge in [-0.2, -0.15) is 0 Å². The van der Waals surface area contributed by atoms with Gasteiger partial charge in [-0.25, -0.2) is 15.0 Å². The van der Waals surface area contributed by atoms with E-state index in [0.717, 1.165) is 0 Å². The normalized spacial score (nSPS) is 8.57. The Hall–Kier alpha value is -2.49. The number of aliphatic hydroxyl groups excluding tert-OH is 3. The number of aromatic amines is 3.